The average molecular weight is 393 g/mol. The van der Waals surface area contributed by atoms with Crippen LogP contribution in [0.3, 0.4) is 0 Å². The summed E-state index contributed by atoms with van der Waals surface area (Å²) in [6.07, 6.45) is 3.27. The monoisotopic (exact) mass is 393 g/mol. The maximum Gasteiger partial charge on any atom is 0.340 e. The topological polar surface area (TPSA) is 55.8 Å². The zero-order chi connectivity index (χ0) is 21.0. The highest BCUT2D eigenvalue weighted by Crippen LogP contribution is 2.35. The maximum atomic E-state index is 13.3. The standard InChI is InChI=1S/C23H20FNO4/c1-4-13-29-19-11-5-16(6-12-19)14-20-21(23(27)28-3)15(2)25(22(20)26)18-9-7-17(24)8-10-18/h4-12,14H,1,13H2,2-3H3/b20-14-. The number of nitrogens with zero attached hydrogens (tertiary/aromatic N) is 1. The van der Waals surface area contributed by atoms with Crippen LogP contribution < -0.4 is 9.64 Å². The minimum Gasteiger partial charge on any atom is -0.490 e. The number of hydrogen-bond donors (Lipinski definition) is 0. The van der Waals surface area contributed by atoms with Gasteiger partial charge in [-0.15, -0.1) is 0 Å². The number of allylic oxidation sites excluding steroid dienone is 1. The van der Waals surface area contributed by atoms with Crippen LogP contribution in [0, 0.1) is 5.82 Å². The van der Waals surface area contributed by atoms with Crippen molar-refractivity contribution in [2.75, 3.05) is 18.6 Å². The molecule has 0 unspecified atom stereocenters. The van der Waals surface area contributed by atoms with E-state index in [2.05, 4.69) is 6.58 Å². The van der Waals surface area contributed by atoms with Gasteiger partial charge in [0.1, 0.15) is 18.2 Å². The van der Waals surface area contributed by atoms with Gasteiger partial charge in [-0.2, -0.15) is 0 Å². The Labute approximate surface area is 168 Å². The summed E-state index contributed by atoms with van der Waals surface area (Å²) in [5.74, 6) is -0.749. The predicted molar refractivity (Wildman–Crippen MR) is 109 cm³/mol. The first-order valence-electron chi connectivity index (χ1n) is 8.91. The summed E-state index contributed by atoms with van der Waals surface area (Å²) >= 11 is 0. The Morgan fingerprint density at radius 3 is 2.38 bits per heavy atom. The van der Waals surface area contributed by atoms with Crippen molar-refractivity contribution in [3.8, 4) is 5.75 Å². The molecule has 29 heavy (non-hydrogen) atoms. The maximum absolute atomic E-state index is 13.3. The summed E-state index contributed by atoms with van der Waals surface area (Å²) < 4.78 is 23.6. The van der Waals surface area contributed by atoms with Crippen molar-refractivity contribution in [1.29, 1.82) is 0 Å². The summed E-state index contributed by atoms with van der Waals surface area (Å²) in [5, 5.41) is 0. The van der Waals surface area contributed by atoms with Crippen LogP contribution >= 0.6 is 0 Å². The molecular weight excluding hydrogens is 373 g/mol. The van der Waals surface area contributed by atoms with Crippen LogP contribution in [0.1, 0.15) is 12.5 Å². The number of amides is 1. The van der Waals surface area contributed by atoms with Gasteiger partial charge in [-0.1, -0.05) is 24.8 Å². The molecule has 0 fully saturated rings. The lowest BCUT2D eigenvalue weighted by Gasteiger charge is -2.17. The molecule has 6 heteroatoms. The number of ether oxygens (including phenoxy) is 2. The lowest BCUT2D eigenvalue weighted by molar-refractivity contribution is -0.136. The number of hydrogen-bond acceptors (Lipinski definition) is 4. The number of anilines is 1. The highest BCUT2D eigenvalue weighted by molar-refractivity contribution is 6.23. The molecule has 0 aliphatic carbocycles. The second kappa shape index (κ2) is 8.56. The van der Waals surface area contributed by atoms with E-state index in [1.54, 1.807) is 43.3 Å². The Bertz CT molecular complexity index is 1000. The van der Waals surface area contributed by atoms with Crippen LogP contribution in [0.5, 0.6) is 5.75 Å². The molecule has 2 aromatic rings. The van der Waals surface area contributed by atoms with E-state index in [1.807, 2.05) is 0 Å². The highest BCUT2D eigenvalue weighted by Gasteiger charge is 2.37. The number of halogens is 1. The lowest BCUT2D eigenvalue weighted by atomic mass is 10.0. The van der Waals surface area contributed by atoms with Gasteiger partial charge in [0, 0.05) is 11.4 Å². The molecule has 0 spiro atoms. The van der Waals surface area contributed by atoms with Crippen molar-refractivity contribution in [1.82, 2.24) is 0 Å². The van der Waals surface area contributed by atoms with Gasteiger partial charge in [-0.25, -0.2) is 9.18 Å². The number of methoxy groups -OCH3 is 1. The number of rotatable bonds is 6. The zero-order valence-electron chi connectivity index (χ0n) is 16.1. The van der Waals surface area contributed by atoms with E-state index < -0.39 is 11.8 Å². The fraction of sp³-hybridized carbons (Fsp3) is 0.130. The van der Waals surface area contributed by atoms with Gasteiger partial charge in [-0.05, 0) is 55.0 Å². The predicted octanol–water partition coefficient (Wildman–Crippen LogP) is 4.27. The first-order chi connectivity index (χ1) is 14.0. The van der Waals surface area contributed by atoms with Gasteiger partial charge in [0.15, 0.2) is 0 Å². The van der Waals surface area contributed by atoms with Crippen molar-refractivity contribution < 1.29 is 23.5 Å². The van der Waals surface area contributed by atoms with E-state index in [0.717, 1.165) is 5.56 Å². The Kier molecular flexibility index (Phi) is 5.93. The summed E-state index contributed by atoms with van der Waals surface area (Å²) in [5.41, 5.74) is 1.99. The van der Waals surface area contributed by atoms with E-state index in [1.165, 1.54) is 36.3 Å². The molecule has 3 rings (SSSR count). The van der Waals surface area contributed by atoms with Gasteiger partial charge >= 0.3 is 5.97 Å². The van der Waals surface area contributed by atoms with E-state index in [0.29, 0.717) is 23.7 Å². The minimum atomic E-state index is -0.613. The van der Waals surface area contributed by atoms with Crippen molar-refractivity contribution in [2.45, 2.75) is 6.92 Å². The molecule has 5 nitrogen and oxygen atoms in total. The van der Waals surface area contributed by atoms with E-state index in [4.69, 9.17) is 9.47 Å². The lowest BCUT2D eigenvalue weighted by Crippen LogP contribution is -2.24. The Morgan fingerprint density at radius 2 is 1.79 bits per heavy atom. The van der Waals surface area contributed by atoms with Gasteiger partial charge < -0.3 is 9.47 Å². The molecular formula is C23H20FNO4. The fourth-order valence-corrected chi connectivity index (χ4v) is 3.06. The Balaban J connectivity index is 2.01. The third kappa shape index (κ3) is 4.11. The number of carbonyl (C=O) groups is 2. The van der Waals surface area contributed by atoms with Gasteiger partial charge in [0.2, 0.25) is 0 Å². The summed E-state index contributed by atoms with van der Waals surface area (Å²) in [6, 6.07) is 12.6. The Morgan fingerprint density at radius 1 is 1.14 bits per heavy atom. The van der Waals surface area contributed by atoms with Crippen molar-refractivity contribution in [3.05, 3.63) is 89.4 Å². The molecule has 1 heterocycles. The average Bonchev–Trinajstić information content (AvgIpc) is 2.97. The third-order valence-corrected chi connectivity index (χ3v) is 4.43. The second-order valence-corrected chi connectivity index (χ2v) is 6.30. The minimum absolute atomic E-state index is 0.175. The molecule has 0 atom stereocenters. The van der Waals surface area contributed by atoms with E-state index in [9.17, 15) is 14.0 Å². The van der Waals surface area contributed by atoms with Crippen LogP contribution in [0.25, 0.3) is 6.08 Å². The normalized spacial score (nSPS) is 15.1. The van der Waals surface area contributed by atoms with Crippen LogP contribution in [0.2, 0.25) is 0 Å². The Hall–Kier alpha value is -3.67. The largest absolute Gasteiger partial charge is 0.490 e. The van der Waals surface area contributed by atoms with E-state index in [-0.39, 0.29) is 17.1 Å². The van der Waals surface area contributed by atoms with Crippen molar-refractivity contribution in [2.24, 2.45) is 0 Å². The van der Waals surface area contributed by atoms with Gasteiger partial charge in [0.05, 0.1) is 18.3 Å². The zero-order valence-corrected chi connectivity index (χ0v) is 16.1. The molecule has 2 aromatic carbocycles. The number of benzene rings is 2. The van der Waals surface area contributed by atoms with Crippen molar-refractivity contribution >= 4 is 23.6 Å². The highest BCUT2D eigenvalue weighted by atomic mass is 19.1. The van der Waals surface area contributed by atoms with Gasteiger partial charge in [-0.3, -0.25) is 9.69 Å². The molecule has 1 amide bonds. The van der Waals surface area contributed by atoms with Crippen LogP contribution in [0.4, 0.5) is 10.1 Å². The smallest absolute Gasteiger partial charge is 0.340 e. The van der Waals surface area contributed by atoms with E-state index >= 15 is 0 Å². The van der Waals surface area contributed by atoms with Crippen LogP contribution in [0.15, 0.2) is 78.0 Å². The second-order valence-electron chi connectivity index (χ2n) is 6.30. The first-order valence-corrected chi connectivity index (χ1v) is 8.91. The molecule has 0 saturated carbocycles. The summed E-state index contributed by atoms with van der Waals surface area (Å²) in [7, 11) is 1.26. The molecule has 0 bridgehead atoms. The molecule has 0 aromatic heterocycles. The molecule has 0 radical (unpaired) electrons. The summed E-state index contributed by atoms with van der Waals surface area (Å²) in [6.45, 7) is 5.64. The van der Waals surface area contributed by atoms with Crippen LogP contribution in [-0.2, 0) is 14.3 Å². The van der Waals surface area contributed by atoms with Gasteiger partial charge in [0.25, 0.3) is 5.91 Å². The molecule has 148 valence electrons. The molecule has 1 aliphatic heterocycles. The van der Waals surface area contributed by atoms with Crippen LogP contribution in [-0.4, -0.2) is 25.6 Å². The molecule has 0 N–H and O–H groups in total. The quantitative estimate of drug-likeness (QED) is 0.418. The summed E-state index contributed by atoms with van der Waals surface area (Å²) in [4.78, 5) is 26.9. The number of esters is 1. The number of carbonyl (C=O) groups excluding carboxylic acids is 2. The van der Waals surface area contributed by atoms with Crippen molar-refractivity contribution in [3.63, 3.8) is 0 Å². The molecule has 0 saturated heterocycles. The SMILES string of the molecule is C=CCOc1ccc(/C=C2\C(=O)N(c3ccc(F)cc3)C(C)=C2C(=O)OC)cc1. The fourth-order valence-electron chi connectivity index (χ4n) is 3.06. The third-order valence-electron chi connectivity index (χ3n) is 4.43. The first kappa shape index (κ1) is 20.1. The molecule has 1 aliphatic rings.